The Labute approximate surface area is 252 Å². The normalized spacial score (nSPS) is 21.5. The molecule has 42 heavy (non-hydrogen) atoms. The molecule has 0 saturated carbocycles. The second-order valence-corrected chi connectivity index (χ2v) is 16.0. The van der Waals surface area contributed by atoms with Gasteiger partial charge in [0.25, 0.3) is 0 Å². The van der Waals surface area contributed by atoms with Crippen LogP contribution >= 0.6 is 0 Å². The Hall–Kier alpha value is -3.28. The molecule has 0 N–H and O–H groups in total. The van der Waals surface area contributed by atoms with Crippen molar-refractivity contribution >= 4 is 8.07 Å². The molecule has 1 aliphatic heterocycles. The molecule has 4 atom stereocenters. The summed E-state index contributed by atoms with van der Waals surface area (Å²) in [4.78, 5) is 0. The molecule has 1 heterocycles. The fourth-order valence-corrected chi connectivity index (χ4v) is 5.03. The molecule has 0 bridgehead atoms. The van der Waals surface area contributed by atoms with Crippen LogP contribution < -0.4 is 0 Å². The van der Waals surface area contributed by atoms with E-state index < -0.39 is 32.7 Å². The Balaban J connectivity index is 1.66. The molecule has 0 spiro atoms. The first kappa shape index (κ1) is 31.6. The predicted octanol–water partition coefficient (Wildman–Crippen LogP) is 7.11. The van der Waals surface area contributed by atoms with Gasteiger partial charge < -0.3 is 23.7 Å². The Kier molecular flexibility index (Phi) is 12.3. The van der Waals surface area contributed by atoms with E-state index >= 15 is 0 Å². The molecule has 1 saturated heterocycles. The third-order valence-corrected chi connectivity index (χ3v) is 7.46. The Morgan fingerprint density at radius 2 is 1.31 bits per heavy atom. The SMILES string of the molecule is C=CCO[C@H]1O[C@H](COCc2ccccc2)[C@@H](OCc2ccccc2)[C@H](OCc2ccccc2)/C1=C\C#C[Si](C)(C)C. The van der Waals surface area contributed by atoms with E-state index in [1.807, 2.05) is 72.8 Å². The van der Waals surface area contributed by atoms with Crippen molar-refractivity contribution < 1.29 is 23.7 Å². The van der Waals surface area contributed by atoms with E-state index in [0.29, 0.717) is 33.0 Å². The van der Waals surface area contributed by atoms with Gasteiger partial charge in [-0.3, -0.25) is 0 Å². The van der Waals surface area contributed by atoms with E-state index in [2.05, 4.69) is 61.9 Å². The maximum absolute atomic E-state index is 6.68. The van der Waals surface area contributed by atoms with Gasteiger partial charge in [-0.05, 0) is 22.8 Å². The third-order valence-electron chi connectivity index (χ3n) is 6.57. The monoisotopic (exact) mass is 582 g/mol. The fourth-order valence-electron chi connectivity index (χ4n) is 4.52. The molecular formula is C36H42O5Si. The topological polar surface area (TPSA) is 46.2 Å². The van der Waals surface area contributed by atoms with Crippen LogP contribution in [-0.2, 0) is 43.5 Å². The van der Waals surface area contributed by atoms with Crippen molar-refractivity contribution in [1.82, 2.24) is 0 Å². The van der Waals surface area contributed by atoms with Gasteiger partial charge in [0.05, 0.1) is 33.0 Å². The zero-order valence-electron chi connectivity index (χ0n) is 24.9. The van der Waals surface area contributed by atoms with E-state index in [0.717, 1.165) is 22.3 Å². The highest BCUT2D eigenvalue weighted by atomic mass is 28.3. The minimum absolute atomic E-state index is 0.307. The van der Waals surface area contributed by atoms with E-state index in [1.165, 1.54) is 0 Å². The summed E-state index contributed by atoms with van der Waals surface area (Å²) in [5.74, 6) is 3.30. The van der Waals surface area contributed by atoms with Gasteiger partial charge in [0, 0.05) is 5.57 Å². The van der Waals surface area contributed by atoms with Crippen LogP contribution in [0.25, 0.3) is 0 Å². The summed E-state index contributed by atoms with van der Waals surface area (Å²) in [5, 5.41) is 0. The summed E-state index contributed by atoms with van der Waals surface area (Å²) in [7, 11) is -1.62. The summed E-state index contributed by atoms with van der Waals surface area (Å²) in [5.41, 5.74) is 7.47. The van der Waals surface area contributed by atoms with Gasteiger partial charge in [-0.2, -0.15) is 0 Å². The van der Waals surface area contributed by atoms with Gasteiger partial charge in [0.15, 0.2) is 6.29 Å². The summed E-state index contributed by atoms with van der Waals surface area (Å²) in [6.07, 6.45) is 1.55. The van der Waals surface area contributed by atoms with Crippen molar-refractivity contribution in [1.29, 1.82) is 0 Å². The minimum atomic E-state index is -1.62. The standard InChI is InChI=1S/C36H42O5Si/c1-5-23-38-36-32(22-15-24-42(2,3)4)34(39-26-30-18-11-7-12-19-30)35(40-27-31-20-13-8-14-21-31)33(41-36)28-37-25-29-16-9-6-10-17-29/h5-14,16-22,33-36H,1,23,25-28H2,2-4H3/b32-22+/t33-,34-,35-,36+/m1/s1. The molecule has 0 aliphatic carbocycles. The molecule has 5 nitrogen and oxygen atoms in total. The quantitative estimate of drug-likeness (QED) is 0.122. The van der Waals surface area contributed by atoms with Gasteiger partial charge in [0.1, 0.15) is 26.4 Å². The van der Waals surface area contributed by atoms with E-state index in [1.54, 1.807) is 6.08 Å². The highest BCUT2D eigenvalue weighted by molar-refractivity contribution is 6.83. The second kappa shape index (κ2) is 16.4. The fraction of sp³-hybridized carbons (Fsp3) is 0.333. The number of ether oxygens (including phenoxy) is 5. The Morgan fingerprint density at radius 1 is 0.762 bits per heavy atom. The lowest BCUT2D eigenvalue weighted by Crippen LogP contribution is -2.54. The first-order valence-electron chi connectivity index (χ1n) is 14.5. The molecule has 0 unspecified atom stereocenters. The van der Waals surface area contributed by atoms with Crippen LogP contribution in [0.4, 0.5) is 0 Å². The summed E-state index contributed by atoms with van der Waals surface area (Å²) in [6.45, 7) is 12.4. The first-order chi connectivity index (χ1) is 20.4. The molecule has 4 rings (SSSR count). The van der Waals surface area contributed by atoms with Crippen molar-refractivity contribution in [2.45, 2.75) is 64.1 Å². The second-order valence-electron chi connectivity index (χ2n) is 11.3. The highest BCUT2D eigenvalue weighted by Gasteiger charge is 2.44. The maximum atomic E-state index is 6.68. The van der Waals surface area contributed by atoms with Gasteiger partial charge >= 0.3 is 0 Å². The first-order valence-corrected chi connectivity index (χ1v) is 18.0. The predicted molar refractivity (Wildman–Crippen MR) is 170 cm³/mol. The van der Waals surface area contributed by atoms with Crippen molar-refractivity contribution in [3.05, 3.63) is 132 Å². The molecular weight excluding hydrogens is 540 g/mol. The van der Waals surface area contributed by atoms with Crippen molar-refractivity contribution in [3.63, 3.8) is 0 Å². The number of benzene rings is 3. The lowest BCUT2D eigenvalue weighted by Gasteiger charge is -2.42. The van der Waals surface area contributed by atoms with Crippen LogP contribution in [0, 0.1) is 11.5 Å². The molecule has 3 aromatic carbocycles. The van der Waals surface area contributed by atoms with Gasteiger partial charge in [-0.1, -0.05) is 123 Å². The molecule has 0 aromatic heterocycles. The maximum Gasteiger partial charge on any atom is 0.184 e. The van der Waals surface area contributed by atoms with Crippen LogP contribution in [0.15, 0.2) is 115 Å². The largest absolute Gasteiger partial charge is 0.374 e. The summed E-state index contributed by atoms with van der Waals surface area (Å²) in [6, 6.07) is 30.4. The van der Waals surface area contributed by atoms with E-state index in [9.17, 15) is 0 Å². The minimum Gasteiger partial charge on any atom is -0.374 e. The Morgan fingerprint density at radius 3 is 1.86 bits per heavy atom. The average molecular weight is 583 g/mol. The number of hydrogen-bond donors (Lipinski definition) is 0. The zero-order chi connectivity index (χ0) is 29.6. The van der Waals surface area contributed by atoms with Crippen LogP contribution in [0.5, 0.6) is 0 Å². The lowest BCUT2D eigenvalue weighted by molar-refractivity contribution is -0.247. The molecule has 0 radical (unpaired) electrons. The number of hydrogen-bond acceptors (Lipinski definition) is 5. The number of rotatable bonds is 13. The van der Waals surface area contributed by atoms with Gasteiger partial charge in [0.2, 0.25) is 0 Å². The Bertz CT molecular complexity index is 1310. The highest BCUT2D eigenvalue weighted by Crippen LogP contribution is 2.32. The molecule has 3 aromatic rings. The molecule has 1 aliphatic rings. The summed E-state index contributed by atoms with van der Waals surface area (Å²) < 4.78 is 32.2. The van der Waals surface area contributed by atoms with Crippen LogP contribution in [-0.4, -0.2) is 45.9 Å². The van der Waals surface area contributed by atoms with E-state index in [-0.39, 0.29) is 0 Å². The summed E-state index contributed by atoms with van der Waals surface area (Å²) >= 11 is 0. The molecule has 6 heteroatoms. The van der Waals surface area contributed by atoms with Gasteiger partial charge in [-0.15, -0.1) is 12.1 Å². The van der Waals surface area contributed by atoms with E-state index in [4.69, 9.17) is 23.7 Å². The lowest BCUT2D eigenvalue weighted by atomic mass is 9.95. The average Bonchev–Trinajstić information content (AvgIpc) is 3.00. The third kappa shape index (κ3) is 10.2. The van der Waals surface area contributed by atoms with Crippen molar-refractivity contribution in [2.24, 2.45) is 0 Å². The number of allylic oxidation sites excluding steroid dienone is 1. The molecule has 1 fully saturated rings. The zero-order valence-corrected chi connectivity index (χ0v) is 25.9. The molecule has 0 amide bonds. The smallest absolute Gasteiger partial charge is 0.184 e. The molecule has 220 valence electrons. The van der Waals surface area contributed by atoms with Crippen LogP contribution in [0.3, 0.4) is 0 Å². The van der Waals surface area contributed by atoms with Gasteiger partial charge in [-0.25, -0.2) is 0 Å². The van der Waals surface area contributed by atoms with Crippen LogP contribution in [0.2, 0.25) is 19.6 Å². The van der Waals surface area contributed by atoms with Crippen molar-refractivity contribution in [3.8, 4) is 11.5 Å². The van der Waals surface area contributed by atoms with Crippen molar-refractivity contribution in [2.75, 3.05) is 13.2 Å². The van der Waals surface area contributed by atoms with Crippen LogP contribution in [0.1, 0.15) is 16.7 Å².